The highest BCUT2D eigenvalue weighted by molar-refractivity contribution is 5.88. The summed E-state index contributed by atoms with van der Waals surface area (Å²) in [5.74, 6) is -2.93. The van der Waals surface area contributed by atoms with Crippen molar-refractivity contribution in [3.8, 4) is 0 Å². The lowest BCUT2D eigenvalue weighted by molar-refractivity contribution is -0.155. The van der Waals surface area contributed by atoms with E-state index in [1.807, 2.05) is 20.8 Å². The summed E-state index contributed by atoms with van der Waals surface area (Å²) in [7, 11) is 0. The van der Waals surface area contributed by atoms with Gasteiger partial charge < -0.3 is 41.0 Å². The van der Waals surface area contributed by atoms with Gasteiger partial charge in [0, 0.05) is 71.6 Å². The molecule has 14 nitrogen and oxygen atoms in total. The van der Waals surface area contributed by atoms with Gasteiger partial charge in [0.15, 0.2) is 0 Å². The maximum atomic E-state index is 11.9. The normalized spacial score (nSPS) is 11.8. The Balaban J connectivity index is 3.52. The van der Waals surface area contributed by atoms with Crippen LogP contribution in [0.5, 0.6) is 0 Å². The van der Waals surface area contributed by atoms with Crippen LogP contribution in [0.2, 0.25) is 0 Å². The Bertz CT molecular complexity index is 892. The van der Waals surface area contributed by atoms with Crippen LogP contribution < -0.4 is 21.7 Å². The zero-order valence-corrected chi connectivity index (χ0v) is 27.4. The summed E-state index contributed by atoms with van der Waals surface area (Å²) >= 11 is 0. The number of esters is 1. The molecule has 1 unspecified atom stereocenters. The number of carbonyl (C=O) groups is 6. The highest BCUT2D eigenvalue weighted by atomic mass is 16.6. The third-order valence-corrected chi connectivity index (χ3v) is 6.26. The van der Waals surface area contributed by atoms with Crippen LogP contribution in [0.1, 0.15) is 111 Å². The highest BCUT2D eigenvalue weighted by Gasteiger charge is 2.19. The molecule has 1 atom stereocenters. The minimum Gasteiger partial charge on any atom is -0.481 e. The van der Waals surface area contributed by atoms with Gasteiger partial charge >= 0.3 is 11.9 Å². The van der Waals surface area contributed by atoms with Gasteiger partial charge in [-0.05, 0) is 65.7 Å². The van der Waals surface area contributed by atoms with Crippen molar-refractivity contribution in [1.29, 1.82) is 0 Å². The molecule has 0 rings (SSSR count). The molecule has 0 saturated carbocycles. The molecule has 4 amide bonds. The molecule has 14 heteroatoms. The standard InChI is InChI=1S/C31H56N4O10/c1-31(2,3)45-29(41)13-7-5-4-6-12-25(36)33-18-10-22-43-20-8-9-21-44-23-11-19-34-26(37)15-16-27(38)35-24(30(32)42)14-17-28(39)40/h24H,4-23H2,1-3H3,(H2,32,42)(H,33,36)(H,34,37)(H,35,38)(H,39,40). The first-order valence-electron chi connectivity index (χ1n) is 16.0. The molecule has 0 bridgehead atoms. The first kappa shape index (κ1) is 41.7. The van der Waals surface area contributed by atoms with Crippen LogP contribution in [0.3, 0.4) is 0 Å². The smallest absolute Gasteiger partial charge is 0.306 e. The number of carbonyl (C=O) groups excluding carboxylic acids is 5. The second-order valence-corrected chi connectivity index (χ2v) is 11.8. The SMILES string of the molecule is CC(C)(C)OC(=O)CCCCCCC(=O)NCCCOCCCCOCCCNC(=O)CCC(=O)NC(CCC(=O)O)C(N)=O. The van der Waals surface area contributed by atoms with E-state index in [-0.39, 0.29) is 43.5 Å². The molecule has 0 fully saturated rings. The lowest BCUT2D eigenvalue weighted by atomic mass is 10.1. The minimum atomic E-state index is -1.10. The highest BCUT2D eigenvalue weighted by Crippen LogP contribution is 2.11. The molecule has 0 aromatic carbocycles. The Hall–Kier alpha value is -3.26. The number of nitrogens with two attached hydrogens (primary N) is 1. The molecule has 45 heavy (non-hydrogen) atoms. The lowest BCUT2D eigenvalue weighted by Gasteiger charge is -2.19. The summed E-state index contributed by atoms with van der Waals surface area (Å²) in [6.45, 7) is 8.79. The number of carboxylic acid groups (broad SMARTS) is 1. The number of aliphatic carboxylic acids is 1. The molecule has 0 aliphatic heterocycles. The third kappa shape index (κ3) is 29.2. The Kier molecular flexibility index (Phi) is 24.1. The summed E-state index contributed by atoms with van der Waals surface area (Å²) in [6.07, 6.45) is 6.71. The molecule has 0 saturated heterocycles. The van der Waals surface area contributed by atoms with E-state index >= 15 is 0 Å². The molecule has 0 aromatic rings. The number of primary amides is 1. The van der Waals surface area contributed by atoms with Gasteiger partial charge in [0.25, 0.3) is 0 Å². The van der Waals surface area contributed by atoms with E-state index in [9.17, 15) is 28.8 Å². The number of carboxylic acids is 1. The molecule has 6 N–H and O–H groups in total. The summed E-state index contributed by atoms with van der Waals surface area (Å²) in [5, 5.41) is 16.6. The number of nitrogens with one attached hydrogen (secondary N) is 3. The van der Waals surface area contributed by atoms with Crippen LogP contribution in [-0.2, 0) is 43.0 Å². The van der Waals surface area contributed by atoms with Gasteiger partial charge in [-0.25, -0.2) is 0 Å². The Labute approximate surface area is 267 Å². The fraction of sp³-hybridized carbons (Fsp3) is 0.806. The molecule has 0 aromatic heterocycles. The predicted molar refractivity (Wildman–Crippen MR) is 167 cm³/mol. The van der Waals surface area contributed by atoms with E-state index in [1.165, 1.54) is 0 Å². The molecule has 260 valence electrons. The summed E-state index contributed by atoms with van der Waals surface area (Å²) in [6, 6.07) is -1.09. The Morgan fingerprint density at radius 3 is 1.64 bits per heavy atom. The van der Waals surface area contributed by atoms with Gasteiger partial charge in [-0.1, -0.05) is 12.8 Å². The van der Waals surface area contributed by atoms with Crippen LogP contribution in [0.4, 0.5) is 0 Å². The van der Waals surface area contributed by atoms with Crippen molar-refractivity contribution in [3.05, 3.63) is 0 Å². The van der Waals surface area contributed by atoms with Gasteiger partial charge in [-0.3, -0.25) is 28.8 Å². The quantitative estimate of drug-likeness (QED) is 0.0618. The molecular formula is C31H56N4O10. The van der Waals surface area contributed by atoms with Crippen molar-refractivity contribution < 1.29 is 48.1 Å². The summed E-state index contributed by atoms with van der Waals surface area (Å²) in [4.78, 5) is 69.3. The Morgan fingerprint density at radius 1 is 0.644 bits per heavy atom. The van der Waals surface area contributed by atoms with Gasteiger partial charge in [-0.15, -0.1) is 0 Å². The second-order valence-electron chi connectivity index (χ2n) is 11.8. The topological polar surface area (TPSA) is 212 Å². The lowest BCUT2D eigenvalue weighted by Crippen LogP contribution is -2.44. The number of hydrogen-bond donors (Lipinski definition) is 5. The molecule has 0 heterocycles. The van der Waals surface area contributed by atoms with Crippen molar-refractivity contribution in [2.45, 2.75) is 122 Å². The van der Waals surface area contributed by atoms with Crippen LogP contribution in [0.25, 0.3) is 0 Å². The second kappa shape index (κ2) is 26.0. The van der Waals surface area contributed by atoms with Gasteiger partial charge in [0.2, 0.25) is 23.6 Å². The van der Waals surface area contributed by atoms with Crippen LogP contribution in [0.15, 0.2) is 0 Å². The van der Waals surface area contributed by atoms with E-state index < -0.39 is 29.4 Å². The van der Waals surface area contributed by atoms with Crippen molar-refractivity contribution in [3.63, 3.8) is 0 Å². The number of rotatable bonds is 28. The van der Waals surface area contributed by atoms with Gasteiger partial charge in [-0.2, -0.15) is 0 Å². The fourth-order valence-electron chi connectivity index (χ4n) is 3.94. The van der Waals surface area contributed by atoms with Crippen molar-refractivity contribution >= 4 is 35.6 Å². The average Bonchev–Trinajstić information content (AvgIpc) is 2.94. The van der Waals surface area contributed by atoms with Crippen LogP contribution in [-0.4, -0.2) is 91.8 Å². The maximum Gasteiger partial charge on any atom is 0.306 e. The molecule has 0 aliphatic rings. The van der Waals surface area contributed by atoms with Crippen molar-refractivity contribution in [2.75, 3.05) is 39.5 Å². The van der Waals surface area contributed by atoms with E-state index in [0.29, 0.717) is 58.8 Å². The third-order valence-electron chi connectivity index (χ3n) is 6.26. The van der Waals surface area contributed by atoms with Crippen molar-refractivity contribution in [1.82, 2.24) is 16.0 Å². The maximum absolute atomic E-state index is 11.9. The zero-order chi connectivity index (χ0) is 33.9. The number of hydrogen-bond acceptors (Lipinski definition) is 9. The first-order chi connectivity index (χ1) is 21.3. The fourth-order valence-corrected chi connectivity index (χ4v) is 3.94. The predicted octanol–water partition coefficient (Wildman–Crippen LogP) is 2.11. The van der Waals surface area contributed by atoms with E-state index in [4.69, 9.17) is 25.1 Å². The van der Waals surface area contributed by atoms with E-state index in [0.717, 1.165) is 44.9 Å². The van der Waals surface area contributed by atoms with E-state index in [1.54, 1.807) is 0 Å². The summed E-state index contributed by atoms with van der Waals surface area (Å²) in [5.41, 5.74) is 4.72. The Morgan fingerprint density at radius 2 is 1.13 bits per heavy atom. The number of amides is 4. The van der Waals surface area contributed by atoms with Crippen molar-refractivity contribution in [2.24, 2.45) is 5.73 Å². The minimum absolute atomic E-state index is 0.0349. The van der Waals surface area contributed by atoms with Crippen LogP contribution >= 0.6 is 0 Å². The molecular weight excluding hydrogens is 588 g/mol. The van der Waals surface area contributed by atoms with Crippen LogP contribution in [0, 0.1) is 0 Å². The zero-order valence-electron chi connectivity index (χ0n) is 27.4. The first-order valence-corrected chi connectivity index (χ1v) is 16.0. The van der Waals surface area contributed by atoms with Gasteiger partial charge in [0.1, 0.15) is 11.6 Å². The largest absolute Gasteiger partial charge is 0.481 e. The molecule has 0 aliphatic carbocycles. The van der Waals surface area contributed by atoms with Gasteiger partial charge in [0.05, 0.1) is 0 Å². The molecule has 0 radical (unpaired) electrons. The summed E-state index contributed by atoms with van der Waals surface area (Å²) < 4.78 is 16.4. The number of unbranched alkanes of at least 4 members (excludes halogenated alkanes) is 4. The monoisotopic (exact) mass is 644 g/mol. The average molecular weight is 645 g/mol. The van der Waals surface area contributed by atoms with E-state index in [2.05, 4.69) is 16.0 Å². The number of ether oxygens (including phenoxy) is 3. The molecule has 0 spiro atoms.